The van der Waals surface area contributed by atoms with Gasteiger partial charge in [-0.2, -0.15) is 5.10 Å². The monoisotopic (exact) mass is 483 g/mol. The van der Waals surface area contributed by atoms with Gasteiger partial charge in [-0.25, -0.2) is 9.59 Å². The molecule has 0 radical (unpaired) electrons. The number of Topliss-reactive ketones (excluding diaryl/α,β-unsaturated/α-hetero) is 1. The van der Waals surface area contributed by atoms with Crippen LogP contribution in [0.4, 0.5) is 0 Å². The number of ether oxygens (including phenoxy) is 2. The van der Waals surface area contributed by atoms with Crippen molar-refractivity contribution in [3.8, 4) is 0 Å². The Morgan fingerprint density at radius 3 is 2.53 bits per heavy atom. The van der Waals surface area contributed by atoms with Gasteiger partial charge in [0.15, 0.2) is 6.61 Å². The average molecular weight is 484 g/mol. The predicted octanol–water partition coefficient (Wildman–Crippen LogP) is 4.37. The Hall–Kier alpha value is -3.65. The molecule has 1 N–H and O–H groups in total. The van der Waals surface area contributed by atoms with Gasteiger partial charge in [-0.05, 0) is 51.0 Å². The number of carbonyl (C=O) groups excluding carboxylic acids is 3. The Morgan fingerprint density at radius 2 is 1.85 bits per heavy atom. The molecule has 34 heavy (non-hydrogen) atoms. The summed E-state index contributed by atoms with van der Waals surface area (Å²) in [7, 11) is 1.27. The molecule has 2 aromatic heterocycles. The van der Waals surface area contributed by atoms with Crippen molar-refractivity contribution in [1.82, 2.24) is 14.8 Å². The van der Waals surface area contributed by atoms with E-state index < -0.39 is 24.3 Å². The molecule has 8 nitrogen and oxygen atoms in total. The first-order valence-corrected chi connectivity index (χ1v) is 10.9. The van der Waals surface area contributed by atoms with Crippen LogP contribution in [-0.2, 0) is 20.8 Å². The molecule has 1 aromatic carbocycles. The number of rotatable bonds is 8. The number of halogens is 1. The highest BCUT2D eigenvalue weighted by molar-refractivity contribution is 6.31. The quantitative estimate of drug-likeness (QED) is 0.290. The number of hydrogen-bond donors (Lipinski definition) is 1. The molecule has 9 heteroatoms. The lowest BCUT2D eigenvalue weighted by molar-refractivity contribution is -0.136. The van der Waals surface area contributed by atoms with Crippen LogP contribution in [-0.4, -0.2) is 46.2 Å². The maximum Gasteiger partial charge on any atom is 0.339 e. The average Bonchev–Trinajstić information content (AvgIpc) is 3.25. The molecule has 0 saturated heterocycles. The van der Waals surface area contributed by atoms with Gasteiger partial charge in [-0.3, -0.25) is 9.48 Å². The fraction of sp³-hybridized carbons (Fsp3) is 0.280. The molecule has 0 unspecified atom stereocenters. The van der Waals surface area contributed by atoms with E-state index in [-0.39, 0.29) is 5.69 Å². The minimum absolute atomic E-state index is 0.210. The van der Waals surface area contributed by atoms with Gasteiger partial charge in [-0.15, -0.1) is 0 Å². The number of aromatic nitrogens is 3. The van der Waals surface area contributed by atoms with Gasteiger partial charge in [0.1, 0.15) is 0 Å². The summed E-state index contributed by atoms with van der Waals surface area (Å²) in [5.74, 6) is -1.65. The Bertz CT molecular complexity index is 1290. The molecule has 178 valence electrons. The van der Waals surface area contributed by atoms with Crippen molar-refractivity contribution in [3.63, 3.8) is 0 Å². The van der Waals surface area contributed by atoms with E-state index in [1.165, 1.54) is 13.2 Å². The Kier molecular flexibility index (Phi) is 7.73. The molecule has 0 amide bonds. The number of methoxy groups -OCH3 is 1. The summed E-state index contributed by atoms with van der Waals surface area (Å²) in [6.45, 7) is 7.09. The first-order valence-electron chi connectivity index (χ1n) is 10.6. The van der Waals surface area contributed by atoms with Crippen LogP contribution < -0.4 is 0 Å². The van der Waals surface area contributed by atoms with Crippen LogP contribution in [0, 0.1) is 27.7 Å². The van der Waals surface area contributed by atoms with Crippen molar-refractivity contribution < 1.29 is 23.9 Å². The molecule has 0 fully saturated rings. The van der Waals surface area contributed by atoms with Crippen molar-refractivity contribution >= 4 is 35.4 Å². The molecule has 0 spiro atoms. The van der Waals surface area contributed by atoms with Gasteiger partial charge < -0.3 is 14.5 Å². The number of esters is 2. The minimum Gasteiger partial charge on any atom is -0.465 e. The summed E-state index contributed by atoms with van der Waals surface area (Å²) < 4.78 is 11.7. The zero-order chi connectivity index (χ0) is 25.0. The second kappa shape index (κ2) is 10.5. The lowest BCUT2D eigenvalue weighted by Crippen LogP contribution is -2.14. The summed E-state index contributed by atoms with van der Waals surface area (Å²) in [5.41, 5.74) is 4.82. The second-order valence-corrected chi connectivity index (χ2v) is 8.22. The molecule has 3 aromatic rings. The van der Waals surface area contributed by atoms with E-state index in [9.17, 15) is 14.4 Å². The Balaban J connectivity index is 1.66. The largest absolute Gasteiger partial charge is 0.465 e. The summed E-state index contributed by atoms with van der Waals surface area (Å²) in [4.78, 5) is 39.5. The fourth-order valence-corrected chi connectivity index (χ4v) is 3.93. The summed E-state index contributed by atoms with van der Waals surface area (Å²) in [6.07, 6.45) is 2.88. The first-order chi connectivity index (χ1) is 16.1. The van der Waals surface area contributed by atoms with E-state index >= 15 is 0 Å². The van der Waals surface area contributed by atoms with Gasteiger partial charge in [0, 0.05) is 28.0 Å². The smallest absolute Gasteiger partial charge is 0.339 e. The standard InChI is InChI=1S/C25H26ClN3O5/c1-14-23(25(32)33-5)16(3)27-24(14)21(30)13-34-22(31)11-10-19-15(2)28-29(17(19)4)12-18-8-6-7-9-20(18)26/h6-11,27H,12-13H2,1-5H3/b11-10+. The summed E-state index contributed by atoms with van der Waals surface area (Å²) in [6, 6.07) is 7.54. The predicted molar refractivity (Wildman–Crippen MR) is 128 cm³/mol. The number of benzene rings is 1. The SMILES string of the molecule is COC(=O)c1c(C)[nH]c(C(=O)COC(=O)/C=C/c2c(C)nn(Cc3ccccc3Cl)c2C)c1C. The van der Waals surface area contributed by atoms with Gasteiger partial charge in [0.25, 0.3) is 0 Å². The highest BCUT2D eigenvalue weighted by Gasteiger charge is 2.23. The number of aromatic amines is 1. The first kappa shape index (κ1) is 25.0. The molecule has 0 aliphatic rings. The maximum absolute atomic E-state index is 12.5. The van der Waals surface area contributed by atoms with Crippen LogP contribution in [0.25, 0.3) is 6.08 Å². The van der Waals surface area contributed by atoms with Crippen LogP contribution in [0.2, 0.25) is 5.02 Å². The highest BCUT2D eigenvalue weighted by atomic mass is 35.5. The second-order valence-electron chi connectivity index (χ2n) is 7.81. The maximum atomic E-state index is 12.5. The van der Waals surface area contributed by atoms with Crippen molar-refractivity contribution in [2.24, 2.45) is 0 Å². The molecular formula is C25H26ClN3O5. The van der Waals surface area contributed by atoms with Crippen LogP contribution in [0.1, 0.15) is 54.6 Å². The van der Waals surface area contributed by atoms with Crippen molar-refractivity contribution in [2.45, 2.75) is 34.2 Å². The third kappa shape index (κ3) is 5.28. The molecule has 0 bridgehead atoms. The van der Waals surface area contributed by atoms with Gasteiger partial charge in [-0.1, -0.05) is 29.8 Å². The number of aryl methyl sites for hydroxylation is 2. The van der Waals surface area contributed by atoms with E-state index in [4.69, 9.17) is 21.1 Å². The number of hydrogen-bond acceptors (Lipinski definition) is 6. The van der Waals surface area contributed by atoms with Crippen LogP contribution in [0.5, 0.6) is 0 Å². The third-order valence-electron chi connectivity index (χ3n) is 5.55. The van der Waals surface area contributed by atoms with Crippen molar-refractivity contribution in [1.29, 1.82) is 0 Å². The van der Waals surface area contributed by atoms with E-state index in [0.29, 0.717) is 28.4 Å². The molecule has 3 rings (SSSR count). The normalized spacial score (nSPS) is 11.1. The van der Waals surface area contributed by atoms with Crippen molar-refractivity contribution in [3.05, 3.63) is 80.4 Å². The van der Waals surface area contributed by atoms with E-state index in [1.54, 1.807) is 19.9 Å². The van der Waals surface area contributed by atoms with Crippen LogP contribution >= 0.6 is 11.6 Å². The molecular weight excluding hydrogens is 458 g/mol. The zero-order valence-electron chi connectivity index (χ0n) is 19.7. The van der Waals surface area contributed by atoms with Crippen molar-refractivity contribution in [2.75, 3.05) is 13.7 Å². The lowest BCUT2D eigenvalue weighted by atomic mass is 10.1. The number of carbonyl (C=O) groups is 3. The zero-order valence-corrected chi connectivity index (χ0v) is 20.4. The van der Waals surface area contributed by atoms with Gasteiger partial charge >= 0.3 is 11.9 Å². The van der Waals surface area contributed by atoms with E-state index in [0.717, 1.165) is 22.5 Å². The fourth-order valence-electron chi connectivity index (χ4n) is 3.74. The summed E-state index contributed by atoms with van der Waals surface area (Å²) in [5, 5.41) is 5.20. The number of nitrogens with one attached hydrogen (secondary N) is 1. The van der Waals surface area contributed by atoms with Crippen LogP contribution in [0.15, 0.2) is 30.3 Å². The Morgan fingerprint density at radius 1 is 1.15 bits per heavy atom. The van der Waals surface area contributed by atoms with Crippen LogP contribution in [0.3, 0.4) is 0 Å². The third-order valence-corrected chi connectivity index (χ3v) is 5.92. The van der Waals surface area contributed by atoms with Gasteiger partial charge in [0.05, 0.1) is 30.6 Å². The topological polar surface area (TPSA) is 103 Å². The van der Waals surface area contributed by atoms with E-state index in [2.05, 4.69) is 10.1 Å². The van der Waals surface area contributed by atoms with Gasteiger partial charge in [0.2, 0.25) is 5.78 Å². The number of ketones is 1. The lowest BCUT2D eigenvalue weighted by Gasteiger charge is -2.06. The molecule has 0 saturated carbocycles. The molecule has 2 heterocycles. The Labute approximate surface area is 202 Å². The highest BCUT2D eigenvalue weighted by Crippen LogP contribution is 2.21. The van der Waals surface area contributed by atoms with E-state index in [1.807, 2.05) is 42.8 Å². The molecule has 0 aliphatic heterocycles. The minimum atomic E-state index is -0.667. The summed E-state index contributed by atoms with van der Waals surface area (Å²) >= 11 is 6.25. The number of nitrogens with zero attached hydrogens (tertiary/aromatic N) is 2. The molecule has 0 aliphatic carbocycles. The number of H-pyrrole nitrogens is 1. The molecule has 0 atom stereocenters.